The molecule has 0 aliphatic carbocycles. The molecule has 0 saturated carbocycles. The third-order valence-corrected chi connectivity index (χ3v) is 3.25. The fourth-order valence-corrected chi connectivity index (χ4v) is 2.08. The summed E-state index contributed by atoms with van der Waals surface area (Å²) in [4.78, 5) is 4.07. The zero-order valence-electron chi connectivity index (χ0n) is 10.4. The molecule has 0 bridgehead atoms. The van der Waals surface area contributed by atoms with Crippen molar-refractivity contribution in [3.8, 4) is 5.75 Å². The minimum atomic E-state index is -0.209. The SMILES string of the molecule is COc1cc(C(N)c2ccncc2C)ccc1Cl. The summed E-state index contributed by atoms with van der Waals surface area (Å²) in [5.74, 6) is 0.635. The molecule has 2 aromatic rings. The first-order valence-corrected chi connectivity index (χ1v) is 6.01. The molecule has 18 heavy (non-hydrogen) atoms. The van der Waals surface area contributed by atoms with Crippen molar-refractivity contribution >= 4 is 11.6 Å². The maximum absolute atomic E-state index is 6.26. The minimum absolute atomic E-state index is 0.209. The predicted octanol–water partition coefficient (Wildman–Crippen LogP) is 3.10. The number of halogens is 1. The van der Waals surface area contributed by atoms with Gasteiger partial charge in [0, 0.05) is 12.4 Å². The summed E-state index contributed by atoms with van der Waals surface area (Å²) in [6.07, 6.45) is 3.55. The number of nitrogens with two attached hydrogens (primary N) is 1. The van der Waals surface area contributed by atoms with Gasteiger partial charge in [0.2, 0.25) is 0 Å². The summed E-state index contributed by atoms with van der Waals surface area (Å²) in [7, 11) is 1.59. The first kappa shape index (κ1) is 12.9. The van der Waals surface area contributed by atoms with Gasteiger partial charge in [0.25, 0.3) is 0 Å². The smallest absolute Gasteiger partial charge is 0.137 e. The molecule has 0 amide bonds. The van der Waals surface area contributed by atoms with E-state index < -0.39 is 0 Å². The van der Waals surface area contributed by atoms with E-state index in [9.17, 15) is 0 Å². The monoisotopic (exact) mass is 262 g/mol. The molecule has 0 spiro atoms. The number of hydrogen-bond acceptors (Lipinski definition) is 3. The molecule has 0 radical (unpaired) electrons. The normalized spacial score (nSPS) is 12.2. The molecule has 1 atom stereocenters. The summed E-state index contributed by atoms with van der Waals surface area (Å²) in [5.41, 5.74) is 9.35. The maximum Gasteiger partial charge on any atom is 0.137 e. The number of ether oxygens (including phenoxy) is 1. The van der Waals surface area contributed by atoms with E-state index >= 15 is 0 Å². The Kier molecular flexibility index (Phi) is 3.84. The molecule has 1 aromatic carbocycles. The largest absolute Gasteiger partial charge is 0.495 e. The van der Waals surface area contributed by atoms with Gasteiger partial charge in [0.1, 0.15) is 5.75 Å². The van der Waals surface area contributed by atoms with Crippen molar-refractivity contribution in [2.24, 2.45) is 5.73 Å². The van der Waals surface area contributed by atoms with E-state index in [1.54, 1.807) is 19.4 Å². The number of benzene rings is 1. The van der Waals surface area contributed by atoms with E-state index in [1.807, 2.05) is 31.3 Å². The lowest BCUT2D eigenvalue weighted by Gasteiger charge is -2.16. The second kappa shape index (κ2) is 5.38. The predicted molar refractivity (Wildman–Crippen MR) is 73.0 cm³/mol. The summed E-state index contributed by atoms with van der Waals surface area (Å²) in [5, 5.41) is 0.583. The molecule has 0 fully saturated rings. The maximum atomic E-state index is 6.26. The minimum Gasteiger partial charge on any atom is -0.495 e. The highest BCUT2D eigenvalue weighted by molar-refractivity contribution is 6.32. The average Bonchev–Trinajstić information content (AvgIpc) is 2.39. The zero-order chi connectivity index (χ0) is 13.1. The van der Waals surface area contributed by atoms with Gasteiger partial charge < -0.3 is 10.5 Å². The lowest BCUT2D eigenvalue weighted by molar-refractivity contribution is 0.414. The quantitative estimate of drug-likeness (QED) is 0.925. The van der Waals surface area contributed by atoms with Crippen molar-refractivity contribution < 1.29 is 4.74 Å². The highest BCUT2D eigenvalue weighted by Gasteiger charge is 2.13. The summed E-state index contributed by atoms with van der Waals surface area (Å²) in [6.45, 7) is 2.00. The second-order valence-electron chi connectivity index (χ2n) is 4.10. The van der Waals surface area contributed by atoms with Crippen molar-refractivity contribution in [1.29, 1.82) is 0 Å². The van der Waals surface area contributed by atoms with E-state index in [4.69, 9.17) is 22.1 Å². The van der Waals surface area contributed by atoms with E-state index in [1.165, 1.54) is 0 Å². The Balaban J connectivity index is 2.40. The van der Waals surface area contributed by atoms with Crippen molar-refractivity contribution in [2.45, 2.75) is 13.0 Å². The molecule has 1 aromatic heterocycles. The Morgan fingerprint density at radius 3 is 2.78 bits per heavy atom. The molecule has 2 rings (SSSR count). The molecular formula is C14H15ClN2O. The van der Waals surface area contributed by atoms with Gasteiger partial charge >= 0.3 is 0 Å². The van der Waals surface area contributed by atoms with E-state index in [2.05, 4.69) is 4.98 Å². The summed E-state index contributed by atoms with van der Waals surface area (Å²) < 4.78 is 5.20. The number of pyridine rings is 1. The first-order valence-electron chi connectivity index (χ1n) is 5.63. The van der Waals surface area contributed by atoms with Crippen molar-refractivity contribution in [2.75, 3.05) is 7.11 Å². The zero-order valence-corrected chi connectivity index (χ0v) is 11.1. The van der Waals surface area contributed by atoms with Crippen LogP contribution in [-0.2, 0) is 0 Å². The molecule has 4 heteroatoms. The van der Waals surface area contributed by atoms with Gasteiger partial charge in [-0.2, -0.15) is 0 Å². The third kappa shape index (κ3) is 2.47. The van der Waals surface area contributed by atoms with Gasteiger partial charge in [-0.25, -0.2) is 0 Å². The standard InChI is InChI=1S/C14H15ClN2O/c1-9-8-17-6-5-11(9)14(16)10-3-4-12(15)13(7-10)18-2/h3-8,14H,16H2,1-2H3. The van der Waals surface area contributed by atoms with Crippen molar-refractivity contribution in [1.82, 2.24) is 4.98 Å². The number of rotatable bonds is 3. The Bertz CT molecular complexity index is 557. The van der Waals surface area contributed by atoms with E-state index in [0.29, 0.717) is 10.8 Å². The molecule has 0 aliphatic heterocycles. The lowest BCUT2D eigenvalue weighted by Crippen LogP contribution is -2.13. The van der Waals surface area contributed by atoms with Gasteiger partial charge in [0.05, 0.1) is 18.2 Å². The number of hydrogen-bond donors (Lipinski definition) is 1. The van der Waals surface area contributed by atoms with Crippen LogP contribution in [0.15, 0.2) is 36.7 Å². The Morgan fingerprint density at radius 2 is 2.11 bits per heavy atom. The van der Waals surface area contributed by atoms with Crippen LogP contribution < -0.4 is 10.5 Å². The van der Waals surface area contributed by atoms with E-state index in [-0.39, 0.29) is 6.04 Å². The van der Waals surface area contributed by atoms with Gasteiger partial charge in [0.15, 0.2) is 0 Å². The molecule has 94 valence electrons. The van der Waals surface area contributed by atoms with Crippen LogP contribution >= 0.6 is 11.6 Å². The molecule has 3 nitrogen and oxygen atoms in total. The molecular weight excluding hydrogens is 248 g/mol. The summed E-state index contributed by atoms with van der Waals surface area (Å²) >= 11 is 6.00. The fraction of sp³-hybridized carbons (Fsp3) is 0.214. The Labute approximate surface area is 112 Å². The summed E-state index contributed by atoms with van der Waals surface area (Å²) in [6, 6.07) is 7.30. The highest BCUT2D eigenvalue weighted by atomic mass is 35.5. The number of aromatic nitrogens is 1. The lowest BCUT2D eigenvalue weighted by atomic mass is 9.97. The number of aryl methyl sites for hydroxylation is 1. The van der Waals surface area contributed by atoms with E-state index in [0.717, 1.165) is 16.7 Å². The van der Waals surface area contributed by atoms with Crippen LogP contribution in [0.3, 0.4) is 0 Å². The van der Waals surface area contributed by atoms with Gasteiger partial charge in [-0.3, -0.25) is 4.98 Å². The van der Waals surface area contributed by atoms with Crippen molar-refractivity contribution in [3.05, 3.63) is 58.4 Å². The van der Waals surface area contributed by atoms with Gasteiger partial charge in [-0.1, -0.05) is 17.7 Å². The highest BCUT2D eigenvalue weighted by Crippen LogP contribution is 2.30. The average molecular weight is 263 g/mol. The molecule has 1 heterocycles. The number of methoxy groups -OCH3 is 1. The van der Waals surface area contributed by atoms with Gasteiger partial charge in [-0.05, 0) is 41.8 Å². The molecule has 0 saturated heterocycles. The fourth-order valence-electron chi connectivity index (χ4n) is 1.88. The van der Waals surface area contributed by atoms with Crippen LogP contribution in [0.1, 0.15) is 22.7 Å². The molecule has 0 aliphatic rings. The number of nitrogens with zero attached hydrogens (tertiary/aromatic N) is 1. The Hall–Kier alpha value is -1.58. The van der Waals surface area contributed by atoms with Gasteiger partial charge in [-0.15, -0.1) is 0 Å². The van der Waals surface area contributed by atoms with Crippen LogP contribution in [-0.4, -0.2) is 12.1 Å². The van der Waals surface area contributed by atoms with Crippen LogP contribution in [0.2, 0.25) is 5.02 Å². The van der Waals surface area contributed by atoms with Crippen LogP contribution in [0.5, 0.6) is 5.75 Å². The topological polar surface area (TPSA) is 48.1 Å². The second-order valence-corrected chi connectivity index (χ2v) is 4.51. The molecule has 2 N–H and O–H groups in total. The Morgan fingerprint density at radius 1 is 1.33 bits per heavy atom. The van der Waals surface area contributed by atoms with Crippen LogP contribution in [0.4, 0.5) is 0 Å². The first-order chi connectivity index (χ1) is 8.63. The van der Waals surface area contributed by atoms with Crippen LogP contribution in [0.25, 0.3) is 0 Å². The third-order valence-electron chi connectivity index (χ3n) is 2.93. The van der Waals surface area contributed by atoms with Crippen molar-refractivity contribution in [3.63, 3.8) is 0 Å². The molecule has 1 unspecified atom stereocenters. The van der Waals surface area contributed by atoms with Crippen LogP contribution in [0, 0.1) is 6.92 Å².